The van der Waals surface area contributed by atoms with E-state index in [2.05, 4.69) is 41.5 Å². The number of allylic oxidation sites excluding steroid dienone is 2. The number of hydrogen-bond acceptors (Lipinski definition) is 5. The number of hydrogen-bond donors (Lipinski definition) is 2. The van der Waals surface area contributed by atoms with Crippen LogP contribution in [0.25, 0.3) is 0 Å². The van der Waals surface area contributed by atoms with Crippen molar-refractivity contribution in [1.29, 1.82) is 0 Å². The van der Waals surface area contributed by atoms with Crippen LogP contribution in [-0.4, -0.2) is 40.1 Å². The van der Waals surface area contributed by atoms with Crippen molar-refractivity contribution in [2.75, 3.05) is 0 Å². The first-order valence-electron chi connectivity index (χ1n) is 14.5. The Morgan fingerprint density at radius 1 is 1.08 bits per heavy atom. The van der Waals surface area contributed by atoms with Gasteiger partial charge in [-0.1, -0.05) is 53.2 Å². The minimum absolute atomic E-state index is 0.0884. The van der Waals surface area contributed by atoms with Crippen molar-refractivity contribution in [2.45, 2.75) is 119 Å². The van der Waals surface area contributed by atoms with E-state index in [1.165, 1.54) is 12.5 Å². The second-order valence-electron chi connectivity index (χ2n) is 14.1. The summed E-state index contributed by atoms with van der Waals surface area (Å²) in [4.78, 5) is 36.5. The highest BCUT2D eigenvalue weighted by atomic mass is 16.5. The topological polar surface area (TPSA) is 101 Å². The van der Waals surface area contributed by atoms with Gasteiger partial charge in [-0.3, -0.25) is 9.59 Å². The molecule has 0 amide bonds. The first-order chi connectivity index (χ1) is 17.5. The van der Waals surface area contributed by atoms with Crippen molar-refractivity contribution in [2.24, 2.45) is 39.4 Å². The molecule has 38 heavy (non-hydrogen) atoms. The SMILES string of the molecule is CC(=O)OC1CC(C(C)CCC=C(C)C(=O)O)C2(C)CCC3=C(C(O)CC4C(C)(C)C(=O)CCC34C)C12C. The predicted molar refractivity (Wildman–Crippen MR) is 146 cm³/mol. The molecule has 0 radical (unpaired) electrons. The van der Waals surface area contributed by atoms with E-state index in [9.17, 15) is 24.6 Å². The molecule has 0 spiro atoms. The number of esters is 1. The lowest BCUT2D eigenvalue weighted by Gasteiger charge is -2.62. The third-order valence-electron chi connectivity index (χ3n) is 12.0. The maximum Gasteiger partial charge on any atom is 0.330 e. The van der Waals surface area contributed by atoms with Crippen molar-refractivity contribution in [3.63, 3.8) is 0 Å². The third-order valence-corrected chi connectivity index (χ3v) is 12.0. The number of ether oxygens (including phenoxy) is 1. The highest BCUT2D eigenvalue weighted by molar-refractivity contribution is 5.86. The van der Waals surface area contributed by atoms with Gasteiger partial charge in [0.15, 0.2) is 0 Å². The fourth-order valence-electron chi connectivity index (χ4n) is 9.57. The Kier molecular flexibility index (Phi) is 7.34. The number of carboxylic acid groups (broad SMARTS) is 1. The zero-order valence-corrected chi connectivity index (χ0v) is 24.6. The fourth-order valence-corrected chi connectivity index (χ4v) is 9.57. The summed E-state index contributed by atoms with van der Waals surface area (Å²) in [6.07, 6.45) is 6.89. The van der Waals surface area contributed by atoms with Crippen LogP contribution in [0.3, 0.4) is 0 Å². The van der Waals surface area contributed by atoms with Gasteiger partial charge in [0.1, 0.15) is 11.9 Å². The highest BCUT2D eigenvalue weighted by Gasteiger charge is 2.69. The second-order valence-corrected chi connectivity index (χ2v) is 14.1. The minimum Gasteiger partial charge on any atom is -0.478 e. The van der Waals surface area contributed by atoms with E-state index in [1.54, 1.807) is 13.0 Å². The Morgan fingerprint density at radius 3 is 2.34 bits per heavy atom. The van der Waals surface area contributed by atoms with Gasteiger partial charge < -0.3 is 14.9 Å². The van der Waals surface area contributed by atoms with Crippen LogP contribution in [0, 0.1) is 39.4 Å². The molecule has 0 aromatic carbocycles. The lowest BCUT2D eigenvalue weighted by Crippen LogP contribution is -2.58. The van der Waals surface area contributed by atoms with Gasteiger partial charge in [0.05, 0.1) is 6.10 Å². The van der Waals surface area contributed by atoms with Gasteiger partial charge >= 0.3 is 11.9 Å². The van der Waals surface area contributed by atoms with E-state index in [4.69, 9.17) is 4.74 Å². The summed E-state index contributed by atoms with van der Waals surface area (Å²) in [6, 6.07) is 0. The van der Waals surface area contributed by atoms with Crippen LogP contribution in [0.1, 0.15) is 107 Å². The van der Waals surface area contributed by atoms with Crippen LogP contribution in [0.2, 0.25) is 0 Å². The molecule has 4 aliphatic carbocycles. The van der Waals surface area contributed by atoms with Crippen LogP contribution in [0.4, 0.5) is 0 Å². The Morgan fingerprint density at radius 2 is 1.74 bits per heavy atom. The van der Waals surface area contributed by atoms with E-state index in [-0.39, 0.29) is 34.7 Å². The van der Waals surface area contributed by atoms with Crippen LogP contribution < -0.4 is 0 Å². The van der Waals surface area contributed by atoms with Crippen molar-refractivity contribution in [1.82, 2.24) is 0 Å². The van der Waals surface area contributed by atoms with Gasteiger partial charge in [-0.2, -0.15) is 0 Å². The molecular formula is C32H48O6. The summed E-state index contributed by atoms with van der Waals surface area (Å²) in [6.45, 7) is 16.3. The molecule has 212 valence electrons. The Balaban J connectivity index is 1.77. The molecular weight excluding hydrogens is 480 g/mol. The summed E-state index contributed by atoms with van der Waals surface area (Å²) in [5.74, 6) is -0.223. The lowest BCUT2D eigenvalue weighted by atomic mass is 9.42. The summed E-state index contributed by atoms with van der Waals surface area (Å²) < 4.78 is 6.10. The summed E-state index contributed by atoms with van der Waals surface area (Å²) in [5.41, 5.74) is 1.45. The van der Waals surface area contributed by atoms with Crippen molar-refractivity contribution in [3.05, 3.63) is 22.8 Å². The van der Waals surface area contributed by atoms with E-state index < -0.39 is 22.9 Å². The number of carbonyl (C=O) groups is 3. The van der Waals surface area contributed by atoms with E-state index in [1.807, 2.05) is 0 Å². The molecule has 4 aliphatic rings. The summed E-state index contributed by atoms with van der Waals surface area (Å²) in [7, 11) is 0. The first kappa shape index (κ1) is 29.0. The third kappa shape index (κ3) is 4.12. The number of carboxylic acids is 1. The quantitative estimate of drug-likeness (QED) is 0.240. The van der Waals surface area contributed by atoms with Crippen molar-refractivity contribution in [3.8, 4) is 0 Å². The smallest absolute Gasteiger partial charge is 0.330 e. The summed E-state index contributed by atoms with van der Waals surface area (Å²) >= 11 is 0. The van der Waals surface area contributed by atoms with E-state index in [0.717, 1.165) is 37.7 Å². The molecule has 0 aliphatic heterocycles. The number of carbonyl (C=O) groups excluding carboxylic acids is 2. The fraction of sp³-hybridized carbons (Fsp3) is 0.781. The molecule has 0 bridgehead atoms. The molecule has 8 unspecified atom stereocenters. The molecule has 2 fully saturated rings. The largest absolute Gasteiger partial charge is 0.478 e. The van der Waals surface area contributed by atoms with Gasteiger partial charge in [-0.15, -0.1) is 0 Å². The van der Waals surface area contributed by atoms with Crippen LogP contribution in [0.15, 0.2) is 22.8 Å². The maximum atomic E-state index is 12.9. The molecule has 6 heteroatoms. The number of aliphatic hydroxyl groups is 1. The normalized spacial score (nSPS) is 41.2. The molecule has 8 atom stereocenters. The number of aliphatic carboxylic acids is 1. The zero-order chi connectivity index (χ0) is 28.4. The number of rotatable bonds is 6. The number of ketones is 1. The lowest BCUT2D eigenvalue weighted by molar-refractivity contribution is -0.155. The van der Waals surface area contributed by atoms with Gasteiger partial charge in [-0.05, 0) is 86.0 Å². The van der Waals surface area contributed by atoms with Gasteiger partial charge in [0, 0.05) is 29.7 Å². The summed E-state index contributed by atoms with van der Waals surface area (Å²) in [5, 5.41) is 21.1. The van der Waals surface area contributed by atoms with E-state index in [0.29, 0.717) is 36.5 Å². The molecule has 2 saturated carbocycles. The predicted octanol–water partition coefficient (Wildman–Crippen LogP) is 6.26. The Labute approximate surface area is 228 Å². The average Bonchev–Trinajstić information content (AvgIpc) is 3.05. The maximum absolute atomic E-state index is 12.9. The average molecular weight is 529 g/mol. The standard InChI is InChI=1S/C32H48O6/c1-18(10-9-11-19(2)28(36)37)22-16-26(38-20(3)33)32(8)27-21(12-15-31(22,32)7)30(6)14-13-25(35)29(4,5)24(30)17-23(27)34/h11,18,22-24,26,34H,9-10,12-17H2,1-8H3,(H,36,37). The molecule has 0 aromatic rings. The van der Waals surface area contributed by atoms with Crippen LogP contribution in [0.5, 0.6) is 0 Å². The van der Waals surface area contributed by atoms with E-state index >= 15 is 0 Å². The number of fused-ring (bicyclic) bond motifs is 4. The van der Waals surface area contributed by atoms with Crippen molar-refractivity contribution >= 4 is 17.7 Å². The second kappa shape index (κ2) is 9.60. The zero-order valence-electron chi connectivity index (χ0n) is 24.6. The van der Waals surface area contributed by atoms with Crippen LogP contribution in [-0.2, 0) is 19.1 Å². The molecule has 0 aromatic heterocycles. The highest BCUT2D eigenvalue weighted by Crippen LogP contribution is 2.72. The van der Waals surface area contributed by atoms with Gasteiger partial charge in [0.25, 0.3) is 0 Å². The van der Waals surface area contributed by atoms with Crippen LogP contribution >= 0.6 is 0 Å². The van der Waals surface area contributed by atoms with Crippen molar-refractivity contribution < 1.29 is 29.3 Å². The monoisotopic (exact) mass is 528 g/mol. The first-order valence-corrected chi connectivity index (χ1v) is 14.5. The Hall–Kier alpha value is -1.95. The molecule has 2 N–H and O–H groups in total. The molecule has 0 saturated heterocycles. The van der Waals surface area contributed by atoms with Gasteiger partial charge in [0.2, 0.25) is 0 Å². The molecule has 6 nitrogen and oxygen atoms in total. The Bertz CT molecular complexity index is 1080. The molecule has 4 rings (SSSR count). The minimum atomic E-state index is -0.884. The number of Topliss-reactive ketones (excluding diaryl/α,β-unsaturated/α-hetero) is 1. The number of aliphatic hydroxyl groups excluding tert-OH is 1. The van der Waals surface area contributed by atoms with Gasteiger partial charge in [-0.25, -0.2) is 4.79 Å². The molecule has 0 heterocycles.